The zero-order chi connectivity index (χ0) is 23.5. The van der Waals surface area contributed by atoms with Crippen LogP contribution in [0.25, 0.3) is 0 Å². The van der Waals surface area contributed by atoms with Crippen LogP contribution in [0.15, 0.2) is 47.6 Å². The molecular formula is C24H30N4O5S. The van der Waals surface area contributed by atoms with Gasteiger partial charge in [0.15, 0.2) is 11.5 Å². The first kappa shape index (κ1) is 22.9. The van der Waals surface area contributed by atoms with Crippen molar-refractivity contribution in [1.29, 1.82) is 0 Å². The summed E-state index contributed by atoms with van der Waals surface area (Å²) in [5.74, 6) is 1.05. The minimum absolute atomic E-state index is 0.136. The summed E-state index contributed by atoms with van der Waals surface area (Å²) >= 11 is 0. The van der Waals surface area contributed by atoms with Gasteiger partial charge in [0.1, 0.15) is 0 Å². The number of hydrogen-bond donors (Lipinski definition) is 0. The molecule has 2 fully saturated rings. The van der Waals surface area contributed by atoms with E-state index in [4.69, 9.17) is 9.47 Å². The lowest BCUT2D eigenvalue weighted by Crippen LogP contribution is -2.52. The minimum atomic E-state index is -3.66. The topological polar surface area (TPSA) is 92.3 Å². The van der Waals surface area contributed by atoms with Crippen LogP contribution in [-0.4, -0.2) is 81.0 Å². The summed E-state index contributed by atoms with van der Waals surface area (Å²) in [6.07, 6.45) is 5.39. The number of carbonyl (C=O) groups excluding carboxylic acids is 1. The molecule has 2 aromatic rings. The smallest absolute Gasteiger partial charge is 0.243 e. The van der Waals surface area contributed by atoms with Crippen LogP contribution in [-0.2, 0) is 14.8 Å². The molecule has 0 unspecified atom stereocenters. The van der Waals surface area contributed by atoms with Crippen molar-refractivity contribution in [2.45, 2.75) is 24.2 Å². The van der Waals surface area contributed by atoms with E-state index < -0.39 is 10.0 Å². The monoisotopic (exact) mass is 486 g/mol. The Kier molecular flexibility index (Phi) is 6.60. The number of carbonyl (C=O) groups is 1. The Labute approximate surface area is 200 Å². The molecule has 182 valence electrons. The summed E-state index contributed by atoms with van der Waals surface area (Å²) in [6, 6.07) is 8.75. The highest BCUT2D eigenvalue weighted by Crippen LogP contribution is 2.34. The third-order valence-corrected chi connectivity index (χ3v) is 8.67. The number of ether oxygens (including phenoxy) is 2. The first-order valence-corrected chi connectivity index (χ1v) is 13.3. The predicted octanol–water partition coefficient (Wildman–Crippen LogP) is 1.99. The van der Waals surface area contributed by atoms with Crippen molar-refractivity contribution in [3.05, 3.63) is 42.7 Å². The molecule has 4 heterocycles. The number of sulfonamides is 1. The number of pyridine rings is 1. The molecule has 0 aliphatic carbocycles. The molecule has 3 aliphatic heterocycles. The molecule has 10 heteroatoms. The molecule has 0 bridgehead atoms. The maximum Gasteiger partial charge on any atom is 0.243 e. The number of rotatable bonds is 4. The van der Waals surface area contributed by atoms with Gasteiger partial charge in [0, 0.05) is 75.8 Å². The Morgan fingerprint density at radius 1 is 0.882 bits per heavy atom. The van der Waals surface area contributed by atoms with Gasteiger partial charge in [-0.05, 0) is 37.1 Å². The van der Waals surface area contributed by atoms with Gasteiger partial charge in [0.2, 0.25) is 15.9 Å². The summed E-state index contributed by atoms with van der Waals surface area (Å²) in [7, 11) is -3.66. The standard InChI is InChI=1S/C24H30N4O5S/c29-24(27-14-12-26(13-15-27)20-4-8-25-9-5-20)19-6-10-28(11-7-19)34(30,31)21-2-3-22-23(18-21)33-17-1-16-32-22/h2-5,8-9,18-19H,1,6-7,10-17H2. The molecule has 0 N–H and O–H groups in total. The number of piperidine rings is 1. The van der Waals surface area contributed by atoms with E-state index in [1.807, 2.05) is 17.0 Å². The molecule has 1 aromatic carbocycles. The average molecular weight is 487 g/mol. The first-order chi connectivity index (χ1) is 16.5. The molecule has 9 nitrogen and oxygen atoms in total. The zero-order valence-electron chi connectivity index (χ0n) is 19.1. The molecule has 0 radical (unpaired) electrons. The van der Waals surface area contributed by atoms with Gasteiger partial charge in [0.25, 0.3) is 0 Å². The van der Waals surface area contributed by atoms with Crippen molar-refractivity contribution < 1.29 is 22.7 Å². The number of piperazine rings is 1. The lowest BCUT2D eigenvalue weighted by atomic mass is 9.96. The average Bonchev–Trinajstić information content (AvgIpc) is 3.14. The fourth-order valence-electron chi connectivity index (χ4n) is 4.79. The summed E-state index contributed by atoms with van der Waals surface area (Å²) in [6.45, 7) is 4.66. The van der Waals surface area contributed by atoms with Crippen LogP contribution in [0.1, 0.15) is 19.3 Å². The van der Waals surface area contributed by atoms with Crippen molar-refractivity contribution in [3.63, 3.8) is 0 Å². The normalized spacial score (nSPS) is 20.1. The van der Waals surface area contributed by atoms with Crippen LogP contribution in [0, 0.1) is 5.92 Å². The van der Waals surface area contributed by atoms with E-state index >= 15 is 0 Å². The highest BCUT2D eigenvalue weighted by atomic mass is 32.2. The quantitative estimate of drug-likeness (QED) is 0.653. The van der Waals surface area contributed by atoms with E-state index in [2.05, 4.69) is 9.88 Å². The number of anilines is 1. The van der Waals surface area contributed by atoms with Crippen molar-refractivity contribution in [2.75, 3.05) is 57.4 Å². The summed E-state index contributed by atoms with van der Waals surface area (Å²) in [5.41, 5.74) is 1.12. The van der Waals surface area contributed by atoms with Gasteiger partial charge in [-0.1, -0.05) is 0 Å². The Hall–Kier alpha value is -2.85. The van der Waals surface area contributed by atoms with Crippen LogP contribution < -0.4 is 14.4 Å². The van der Waals surface area contributed by atoms with Crippen molar-refractivity contribution in [1.82, 2.24) is 14.2 Å². The van der Waals surface area contributed by atoms with E-state index in [-0.39, 0.29) is 16.7 Å². The fourth-order valence-corrected chi connectivity index (χ4v) is 6.28. The van der Waals surface area contributed by atoms with Gasteiger partial charge in [0.05, 0.1) is 18.1 Å². The van der Waals surface area contributed by atoms with E-state index in [0.29, 0.717) is 63.7 Å². The molecule has 34 heavy (non-hydrogen) atoms. The van der Waals surface area contributed by atoms with Crippen LogP contribution in [0.4, 0.5) is 5.69 Å². The summed E-state index contributed by atoms with van der Waals surface area (Å²) in [4.78, 5) is 21.6. The van der Waals surface area contributed by atoms with Gasteiger partial charge in [-0.25, -0.2) is 8.42 Å². The number of benzene rings is 1. The maximum absolute atomic E-state index is 13.2. The van der Waals surface area contributed by atoms with Crippen LogP contribution >= 0.6 is 0 Å². The fraction of sp³-hybridized carbons (Fsp3) is 0.500. The Morgan fingerprint density at radius 2 is 1.56 bits per heavy atom. The first-order valence-electron chi connectivity index (χ1n) is 11.9. The van der Waals surface area contributed by atoms with Crippen LogP contribution in [0.5, 0.6) is 11.5 Å². The van der Waals surface area contributed by atoms with Gasteiger partial charge in [-0.15, -0.1) is 0 Å². The lowest BCUT2D eigenvalue weighted by molar-refractivity contribution is -0.137. The zero-order valence-corrected chi connectivity index (χ0v) is 20.0. The minimum Gasteiger partial charge on any atom is -0.490 e. The second-order valence-corrected chi connectivity index (χ2v) is 10.8. The highest BCUT2D eigenvalue weighted by molar-refractivity contribution is 7.89. The maximum atomic E-state index is 13.2. The van der Waals surface area contributed by atoms with Crippen LogP contribution in [0.3, 0.4) is 0 Å². The highest BCUT2D eigenvalue weighted by Gasteiger charge is 2.35. The molecular weight excluding hydrogens is 456 g/mol. The number of hydrogen-bond acceptors (Lipinski definition) is 7. The number of fused-ring (bicyclic) bond motifs is 1. The van der Waals surface area contributed by atoms with Crippen LogP contribution in [0.2, 0.25) is 0 Å². The molecule has 1 aromatic heterocycles. The third-order valence-electron chi connectivity index (χ3n) is 6.78. The van der Waals surface area contributed by atoms with Gasteiger partial charge >= 0.3 is 0 Å². The molecule has 0 saturated carbocycles. The van der Waals surface area contributed by atoms with E-state index in [9.17, 15) is 13.2 Å². The van der Waals surface area contributed by atoms with Gasteiger partial charge in [-0.3, -0.25) is 9.78 Å². The van der Waals surface area contributed by atoms with E-state index in [0.717, 1.165) is 25.2 Å². The molecule has 3 aliphatic rings. The molecule has 1 amide bonds. The van der Waals surface area contributed by atoms with E-state index in [1.54, 1.807) is 30.6 Å². The molecule has 2 saturated heterocycles. The molecule has 5 rings (SSSR count). The largest absolute Gasteiger partial charge is 0.490 e. The summed E-state index contributed by atoms with van der Waals surface area (Å²) < 4.78 is 39.2. The lowest BCUT2D eigenvalue weighted by Gasteiger charge is -2.39. The molecule has 0 atom stereocenters. The number of amides is 1. The van der Waals surface area contributed by atoms with Gasteiger partial charge < -0.3 is 19.3 Å². The Morgan fingerprint density at radius 3 is 2.26 bits per heavy atom. The van der Waals surface area contributed by atoms with E-state index in [1.165, 1.54) is 4.31 Å². The Balaban J connectivity index is 1.17. The van der Waals surface area contributed by atoms with Crippen molar-refractivity contribution in [2.24, 2.45) is 5.92 Å². The predicted molar refractivity (Wildman–Crippen MR) is 127 cm³/mol. The van der Waals surface area contributed by atoms with Gasteiger partial charge in [-0.2, -0.15) is 4.31 Å². The number of nitrogens with zero attached hydrogens (tertiary/aromatic N) is 4. The molecule has 0 spiro atoms. The van der Waals surface area contributed by atoms with Crippen molar-refractivity contribution in [3.8, 4) is 11.5 Å². The second-order valence-electron chi connectivity index (χ2n) is 8.86. The SMILES string of the molecule is O=C(C1CCN(S(=O)(=O)c2ccc3c(c2)OCCCO3)CC1)N1CCN(c2ccncc2)CC1. The van der Waals surface area contributed by atoms with Crippen molar-refractivity contribution >= 4 is 21.6 Å². The summed E-state index contributed by atoms with van der Waals surface area (Å²) in [5, 5.41) is 0. The second kappa shape index (κ2) is 9.79. The number of aromatic nitrogens is 1. The third kappa shape index (κ3) is 4.69. The Bertz CT molecular complexity index is 1110.